The van der Waals surface area contributed by atoms with Crippen LogP contribution in [0.5, 0.6) is 0 Å². The lowest BCUT2D eigenvalue weighted by Gasteiger charge is -2.36. The predicted octanol–water partition coefficient (Wildman–Crippen LogP) is 1.88. The molecule has 2 N–H and O–H groups in total. The molecule has 20 heavy (non-hydrogen) atoms. The minimum atomic E-state index is -0.0761. The Morgan fingerprint density at radius 2 is 1.85 bits per heavy atom. The van der Waals surface area contributed by atoms with Crippen LogP contribution in [0.4, 0.5) is 0 Å². The van der Waals surface area contributed by atoms with Crippen molar-refractivity contribution in [2.45, 2.75) is 33.4 Å². The molecule has 1 aromatic carbocycles. The van der Waals surface area contributed by atoms with E-state index >= 15 is 0 Å². The summed E-state index contributed by atoms with van der Waals surface area (Å²) in [5.74, 6) is -0.0761. The molecule has 0 aliphatic heterocycles. The summed E-state index contributed by atoms with van der Waals surface area (Å²) in [6.07, 6.45) is 0. The first-order valence-electron chi connectivity index (χ1n) is 6.91. The van der Waals surface area contributed by atoms with Crippen molar-refractivity contribution in [2.24, 2.45) is 5.41 Å². The van der Waals surface area contributed by atoms with Crippen LogP contribution in [0, 0.1) is 5.41 Å². The van der Waals surface area contributed by atoms with E-state index in [0.29, 0.717) is 5.56 Å². The molecule has 0 spiro atoms. The fraction of sp³-hybridized carbons (Fsp3) is 0.562. The zero-order valence-electron chi connectivity index (χ0n) is 13.1. The molecule has 0 radical (unpaired) electrons. The molecule has 4 heteroatoms. The van der Waals surface area contributed by atoms with Crippen molar-refractivity contribution in [1.82, 2.24) is 10.2 Å². The summed E-state index contributed by atoms with van der Waals surface area (Å²) in [5.41, 5.74) is 1.81. The third-order valence-electron chi connectivity index (χ3n) is 3.58. The second-order valence-corrected chi connectivity index (χ2v) is 6.26. The van der Waals surface area contributed by atoms with Crippen molar-refractivity contribution in [3.63, 3.8) is 0 Å². The molecule has 0 bridgehead atoms. The van der Waals surface area contributed by atoms with E-state index in [9.17, 15) is 9.90 Å². The Balaban J connectivity index is 2.75. The van der Waals surface area contributed by atoms with E-state index in [0.717, 1.165) is 12.1 Å². The lowest BCUT2D eigenvalue weighted by molar-refractivity contribution is 0.0614. The maximum Gasteiger partial charge on any atom is 0.251 e. The van der Waals surface area contributed by atoms with Crippen LogP contribution in [-0.4, -0.2) is 42.7 Å². The molecule has 4 nitrogen and oxygen atoms in total. The average Bonchev–Trinajstić information content (AvgIpc) is 2.37. The first-order chi connectivity index (χ1) is 9.29. The number of likely N-dealkylation sites (N-methyl/N-ethyl adjacent to an activating group) is 1. The molecular formula is C16H26N2O2. The van der Waals surface area contributed by atoms with Gasteiger partial charge in [0.1, 0.15) is 0 Å². The fourth-order valence-corrected chi connectivity index (χ4v) is 2.38. The summed E-state index contributed by atoms with van der Waals surface area (Å²) in [7, 11) is 3.64. The van der Waals surface area contributed by atoms with Gasteiger partial charge in [-0.25, -0.2) is 0 Å². The lowest BCUT2D eigenvalue weighted by atomic mass is 9.86. The van der Waals surface area contributed by atoms with Crippen LogP contribution in [0.1, 0.15) is 36.7 Å². The molecule has 0 heterocycles. The van der Waals surface area contributed by atoms with Crippen molar-refractivity contribution < 1.29 is 9.90 Å². The van der Waals surface area contributed by atoms with Gasteiger partial charge in [-0.3, -0.25) is 9.69 Å². The third kappa shape index (κ3) is 4.32. The quantitative estimate of drug-likeness (QED) is 0.865. The number of nitrogens with one attached hydrogen (secondary N) is 1. The van der Waals surface area contributed by atoms with Gasteiger partial charge in [0.2, 0.25) is 0 Å². The molecule has 0 fully saturated rings. The molecular weight excluding hydrogens is 252 g/mol. The number of aliphatic hydroxyl groups is 1. The zero-order chi connectivity index (χ0) is 15.3. The van der Waals surface area contributed by atoms with Crippen molar-refractivity contribution in [3.8, 4) is 0 Å². The average molecular weight is 278 g/mol. The molecule has 0 aliphatic rings. The Labute approximate surface area is 121 Å². The van der Waals surface area contributed by atoms with Gasteiger partial charge in [-0.2, -0.15) is 0 Å². The summed E-state index contributed by atoms with van der Waals surface area (Å²) < 4.78 is 0. The molecule has 0 saturated carbocycles. The van der Waals surface area contributed by atoms with Gasteiger partial charge in [-0.05, 0) is 30.2 Å². The Bertz CT molecular complexity index is 435. The number of amides is 1. The highest BCUT2D eigenvalue weighted by molar-refractivity contribution is 5.93. The largest absolute Gasteiger partial charge is 0.395 e. The Morgan fingerprint density at radius 1 is 1.30 bits per heavy atom. The second-order valence-electron chi connectivity index (χ2n) is 6.26. The van der Waals surface area contributed by atoms with Gasteiger partial charge in [-0.15, -0.1) is 0 Å². The van der Waals surface area contributed by atoms with Crippen LogP contribution in [-0.2, 0) is 6.54 Å². The van der Waals surface area contributed by atoms with Crippen molar-refractivity contribution >= 4 is 5.91 Å². The minimum absolute atomic E-state index is 0.0194. The smallest absolute Gasteiger partial charge is 0.251 e. The molecule has 1 unspecified atom stereocenters. The highest BCUT2D eigenvalue weighted by Crippen LogP contribution is 2.24. The normalized spacial score (nSPS) is 13.3. The monoisotopic (exact) mass is 278 g/mol. The number of carbonyl (C=O) groups is 1. The molecule has 0 aromatic heterocycles. The molecule has 1 rings (SSSR count). The van der Waals surface area contributed by atoms with Gasteiger partial charge < -0.3 is 10.4 Å². The van der Waals surface area contributed by atoms with E-state index in [4.69, 9.17) is 0 Å². The van der Waals surface area contributed by atoms with Crippen molar-refractivity contribution in [3.05, 3.63) is 35.4 Å². The van der Waals surface area contributed by atoms with E-state index in [-0.39, 0.29) is 24.0 Å². The van der Waals surface area contributed by atoms with E-state index in [1.54, 1.807) is 7.05 Å². The summed E-state index contributed by atoms with van der Waals surface area (Å²) in [6.45, 7) is 7.25. The number of nitrogens with zero attached hydrogens (tertiary/aromatic N) is 1. The van der Waals surface area contributed by atoms with Gasteiger partial charge >= 0.3 is 0 Å². The summed E-state index contributed by atoms with van der Waals surface area (Å²) >= 11 is 0. The third-order valence-corrected chi connectivity index (χ3v) is 3.58. The van der Waals surface area contributed by atoms with Crippen molar-refractivity contribution in [2.75, 3.05) is 20.7 Å². The summed E-state index contributed by atoms with van der Waals surface area (Å²) in [6, 6.07) is 7.66. The van der Waals surface area contributed by atoms with Crippen LogP contribution in [0.2, 0.25) is 0 Å². The molecule has 1 aromatic rings. The molecule has 112 valence electrons. The van der Waals surface area contributed by atoms with Crippen LogP contribution in [0.25, 0.3) is 0 Å². The second kappa shape index (κ2) is 6.86. The summed E-state index contributed by atoms with van der Waals surface area (Å²) in [5, 5.41) is 12.2. The Morgan fingerprint density at radius 3 is 2.25 bits per heavy atom. The van der Waals surface area contributed by atoms with Crippen LogP contribution in [0.15, 0.2) is 24.3 Å². The maximum absolute atomic E-state index is 11.5. The van der Waals surface area contributed by atoms with Crippen LogP contribution in [0.3, 0.4) is 0 Å². The van der Waals surface area contributed by atoms with E-state index in [1.807, 2.05) is 31.3 Å². The molecule has 0 saturated heterocycles. The van der Waals surface area contributed by atoms with E-state index < -0.39 is 0 Å². The molecule has 1 atom stereocenters. The lowest BCUT2D eigenvalue weighted by Crippen LogP contribution is -2.43. The summed E-state index contributed by atoms with van der Waals surface area (Å²) in [4.78, 5) is 13.6. The number of hydrogen-bond acceptors (Lipinski definition) is 3. The number of rotatable bonds is 5. The van der Waals surface area contributed by atoms with Crippen LogP contribution >= 0.6 is 0 Å². The first kappa shape index (κ1) is 16.7. The number of benzene rings is 1. The Hall–Kier alpha value is -1.39. The number of carbonyl (C=O) groups excluding carboxylic acids is 1. The zero-order valence-corrected chi connectivity index (χ0v) is 13.1. The highest BCUT2D eigenvalue weighted by Gasteiger charge is 2.27. The van der Waals surface area contributed by atoms with Gasteiger partial charge in [0.15, 0.2) is 0 Å². The van der Waals surface area contributed by atoms with Gasteiger partial charge in [0.25, 0.3) is 5.91 Å². The van der Waals surface area contributed by atoms with E-state index in [2.05, 4.69) is 31.0 Å². The van der Waals surface area contributed by atoms with E-state index in [1.165, 1.54) is 0 Å². The highest BCUT2D eigenvalue weighted by atomic mass is 16.3. The number of hydrogen-bond donors (Lipinski definition) is 2. The molecule has 1 amide bonds. The fourth-order valence-electron chi connectivity index (χ4n) is 2.38. The Kier molecular flexibility index (Phi) is 5.72. The van der Waals surface area contributed by atoms with Gasteiger partial charge in [0.05, 0.1) is 6.61 Å². The minimum Gasteiger partial charge on any atom is -0.395 e. The van der Waals surface area contributed by atoms with Gasteiger partial charge in [-0.1, -0.05) is 32.9 Å². The maximum atomic E-state index is 11.5. The molecule has 0 aliphatic carbocycles. The first-order valence-corrected chi connectivity index (χ1v) is 6.91. The standard InChI is InChI=1S/C16H26N2O2/c1-16(2,3)14(11-19)18(5)10-12-6-8-13(9-7-12)15(20)17-4/h6-9,14,19H,10-11H2,1-5H3,(H,17,20). The number of aliphatic hydroxyl groups excluding tert-OH is 1. The van der Waals surface area contributed by atoms with Crippen molar-refractivity contribution in [1.29, 1.82) is 0 Å². The SMILES string of the molecule is CNC(=O)c1ccc(CN(C)C(CO)C(C)(C)C)cc1. The topological polar surface area (TPSA) is 52.6 Å². The van der Waals surface area contributed by atoms with Gasteiger partial charge in [0, 0.05) is 25.2 Å². The van der Waals surface area contributed by atoms with Crippen LogP contribution < -0.4 is 5.32 Å². The predicted molar refractivity (Wildman–Crippen MR) is 81.6 cm³/mol.